The number of hydrogen-bond acceptors (Lipinski definition) is 4. The SMILES string of the molecule is CCCOc1ccc(CN2CCC3(CCC3O)CC2)cc1OC. The fraction of sp³-hybridized carbons (Fsp3) is 0.684. The number of aliphatic hydroxyl groups excluding tert-OH is 1. The second kappa shape index (κ2) is 7.10. The first-order valence-corrected chi connectivity index (χ1v) is 8.87. The molecular formula is C19H29NO3. The highest BCUT2D eigenvalue weighted by atomic mass is 16.5. The normalized spacial score (nSPS) is 23.5. The molecule has 1 unspecified atom stereocenters. The first-order chi connectivity index (χ1) is 11.2. The van der Waals surface area contributed by atoms with Gasteiger partial charge in [-0.2, -0.15) is 0 Å². The molecule has 1 aliphatic heterocycles. The Balaban J connectivity index is 1.58. The van der Waals surface area contributed by atoms with Gasteiger partial charge in [0, 0.05) is 6.54 Å². The highest BCUT2D eigenvalue weighted by Gasteiger charge is 2.47. The molecule has 1 spiro atoms. The van der Waals surface area contributed by atoms with Gasteiger partial charge in [-0.05, 0) is 68.3 Å². The third-order valence-corrected chi connectivity index (χ3v) is 5.57. The van der Waals surface area contributed by atoms with Crippen LogP contribution >= 0.6 is 0 Å². The van der Waals surface area contributed by atoms with E-state index in [1.165, 1.54) is 12.0 Å². The van der Waals surface area contributed by atoms with Crippen molar-refractivity contribution >= 4 is 0 Å². The van der Waals surface area contributed by atoms with E-state index in [2.05, 4.69) is 24.0 Å². The van der Waals surface area contributed by atoms with Crippen LogP contribution in [0.1, 0.15) is 44.6 Å². The maximum atomic E-state index is 10.0. The van der Waals surface area contributed by atoms with Crippen LogP contribution in [0.4, 0.5) is 0 Å². The summed E-state index contributed by atoms with van der Waals surface area (Å²) in [5, 5.41) is 10.0. The Morgan fingerprint density at radius 3 is 2.57 bits per heavy atom. The Hall–Kier alpha value is -1.26. The van der Waals surface area contributed by atoms with Crippen molar-refractivity contribution in [2.75, 3.05) is 26.8 Å². The lowest BCUT2D eigenvalue weighted by atomic mass is 9.61. The molecular weight excluding hydrogens is 290 g/mol. The van der Waals surface area contributed by atoms with Crippen LogP contribution in [-0.4, -0.2) is 42.9 Å². The van der Waals surface area contributed by atoms with Gasteiger partial charge in [-0.3, -0.25) is 4.90 Å². The van der Waals surface area contributed by atoms with Crippen molar-refractivity contribution in [2.45, 2.75) is 51.7 Å². The second-order valence-corrected chi connectivity index (χ2v) is 7.03. The first kappa shape index (κ1) is 16.6. The van der Waals surface area contributed by atoms with Crippen LogP contribution in [0.3, 0.4) is 0 Å². The third kappa shape index (κ3) is 3.48. The highest BCUT2D eigenvalue weighted by Crippen LogP contribution is 2.49. The van der Waals surface area contributed by atoms with Gasteiger partial charge in [0.05, 0.1) is 19.8 Å². The van der Waals surface area contributed by atoms with Gasteiger partial charge in [-0.1, -0.05) is 13.0 Å². The van der Waals surface area contributed by atoms with Crippen LogP contribution in [0.15, 0.2) is 18.2 Å². The van der Waals surface area contributed by atoms with Gasteiger partial charge < -0.3 is 14.6 Å². The van der Waals surface area contributed by atoms with E-state index in [1.807, 2.05) is 6.07 Å². The summed E-state index contributed by atoms with van der Waals surface area (Å²) in [7, 11) is 1.69. The molecule has 2 aliphatic rings. The molecule has 1 aliphatic carbocycles. The van der Waals surface area contributed by atoms with E-state index in [4.69, 9.17) is 9.47 Å². The second-order valence-electron chi connectivity index (χ2n) is 7.03. The number of methoxy groups -OCH3 is 1. The molecule has 2 fully saturated rings. The monoisotopic (exact) mass is 319 g/mol. The minimum atomic E-state index is -0.0558. The molecule has 1 saturated carbocycles. The van der Waals surface area contributed by atoms with Crippen molar-refractivity contribution in [2.24, 2.45) is 5.41 Å². The number of likely N-dealkylation sites (tertiary alicyclic amines) is 1. The highest BCUT2D eigenvalue weighted by molar-refractivity contribution is 5.43. The Kier molecular flexibility index (Phi) is 5.12. The molecule has 1 N–H and O–H groups in total. The Morgan fingerprint density at radius 1 is 1.22 bits per heavy atom. The van der Waals surface area contributed by atoms with E-state index in [0.29, 0.717) is 6.61 Å². The molecule has 1 atom stereocenters. The molecule has 1 aromatic carbocycles. The summed E-state index contributed by atoms with van der Waals surface area (Å²) in [5.41, 5.74) is 1.50. The van der Waals surface area contributed by atoms with Gasteiger partial charge in [0.1, 0.15) is 0 Å². The topological polar surface area (TPSA) is 41.9 Å². The molecule has 0 amide bonds. The van der Waals surface area contributed by atoms with Gasteiger partial charge in [-0.25, -0.2) is 0 Å². The zero-order chi connectivity index (χ0) is 16.3. The molecule has 4 nitrogen and oxygen atoms in total. The lowest BCUT2D eigenvalue weighted by Crippen LogP contribution is -2.51. The smallest absolute Gasteiger partial charge is 0.161 e. The summed E-state index contributed by atoms with van der Waals surface area (Å²) in [6.45, 7) is 5.91. The number of rotatable bonds is 6. The van der Waals surface area contributed by atoms with Gasteiger partial charge >= 0.3 is 0 Å². The van der Waals surface area contributed by atoms with E-state index < -0.39 is 0 Å². The van der Waals surface area contributed by atoms with Crippen molar-refractivity contribution in [1.82, 2.24) is 4.90 Å². The van der Waals surface area contributed by atoms with Crippen molar-refractivity contribution in [3.8, 4) is 11.5 Å². The molecule has 0 radical (unpaired) electrons. The van der Waals surface area contributed by atoms with E-state index in [1.54, 1.807) is 7.11 Å². The standard InChI is InChI=1S/C19H29NO3/c1-3-12-23-16-5-4-15(13-17(16)22-2)14-20-10-8-19(9-11-20)7-6-18(19)21/h4-5,13,18,21H,3,6-12,14H2,1-2H3. The average molecular weight is 319 g/mol. The summed E-state index contributed by atoms with van der Waals surface area (Å²) < 4.78 is 11.2. The Bertz CT molecular complexity index is 523. The van der Waals surface area contributed by atoms with Gasteiger partial charge in [0.15, 0.2) is 11.5 Å². The van der Waals surface area contributed by atoms with Crippen LogP contribution in [0.25, 0.3) is 0 Å². The van der Waals surface area contributed by atoms with Gasteiger partial charge in [0.2, 0.25) is 0 Å². The quantitative estimate of drug-likeness (QED) is 0.874. The van der Waals surface area contributed by atoms with Gasteiger partial charge in [0.25, 0.3) is 0 Å². The van der Waals surface area contributed by atoms with E-state index in [-0.39, 0.29) is 11.5 Å². The summed E-state index contributed by atoms with van der Waals surface area (Å²) in [4.78, 5) is 2.48. The fourth-order valence-electron chi connectivity index (χ4n) is 3.82. The molecule has 3 rings (SSSR count). The Labute approximate surface area is 139 Å². The number of hydrogen-bond donors (Lipinski definition) is 1. The van der Waals surface area contributed by atoms with Crippen molar-refractivity contribution in [3.63, 3.8) is 0 Å². The van der Waals surface area contributed by atoms with Gasteiger partial charge in [-0.15, -0.1) is 0 Å². The summed E-state index contributed by atoms with van der Waals surface area (Å²) >= 11 is 0. The van der Waals surface area contributed by atoms with E-state index in [9.17, 15) is 5.11 Å². The van der Waals surface area contributed by atoms with Crippen LogP contribution in [0.2, 0.25) is 0 Å². The number of nitrogens with zero attached hydrogens (tertiary/aromatic N) is 1. The zero-order valence-electron chi connectivity index (χ0n) is 14.4. The lowest BCUT2D eigenvalue weighted by Gasteiger charge is -2.51. The number of ether oxygens (including phenoxy) is 2. The minimum absolute atomic E-state index is 0.0558. The van der Waals surface area contributed by atoms with Crippen molar-refractivity contribution in [1.29, 1.82) is 0 Å². The molecule has 0 aromatic heterocycles. The van der Waals surface area contributed by atoms with Crippen LogP contribution in [-0.2, 0) is 6.54 Å². The third-order valence-electron chi connectivity index (χ3n) is 5.57. The molecule has 1 aromatic rings. The average Bonchev–Trinajstić information content (AvgIpc) is 2.59. The maximum absolute atomic E-state index is 10.0. The maximum Gasteiger partial charge on any atom is 0.161 e. The zero-order valence-corrected chi connectivity index (χ0v) is 14.4. The summed E-state index contributed by atoms with van der Waals surface area (Å²) in [6.07, 6.45) is 5.40. The summed E-state index contributed by atoms with van der Waals surface area (Å²) in [5.74, 6) is 1.65. The molecule has 128 valence electrons. The number of aliphatic hydroxyl groups is 1. The molecule has 0 bridgehead atoms. The molecule has 4 heteroatoms. The first-order valence-electron chi connectivity index (χ1n) is 8.87. The predicted molar refractivity (Wildman–Crippen MR) is 91.0 cm³/mol. The molecule has 1 heterocycles. The van der Waals surface area contributed by atoms with Crippen molar-refractivity contribution < 1.29 is 14.6 Å². The van der Waals surface area contributed by atoms with Crippen LogP contribution in [0, 0.1) is 5.41 Å². The Morgan fingerprint density at radius 2 is 2.00 bits per heavy atom. The molecule has 23 heavy (non-hydrogen) atoms. The van der Waals surface area contributed by atoms with Crippen LogP contribution in [0.5, 0.6) is 11.5 Å². The number of benzene rings is 1. The minimum Gasteiger partial charge on any atom is -0.493 e. The molecule has 1 saturated heterocycles. The number of piperidine rings is 1. The van der Waals surface area contributed by atoms with Crippen LogP contribution < -0.4 is 9.47 Å². The predicted octanol–water partition coefficient (Wildman–Crippen LogP) is 3.22. The van der Waals surface area contributed by atoms with E-state index >= 15 is 0 Å². The van der Waals surface area contributed by atoms with Crippen molar-refractivity contribution in [3.05, 3.63) is 23.8 Å². The summed E-state index contributed by atoms with van der Waals surface area (Å²) in [6, 6.07) is 6.24. The van der Waals surface area contributed by atoms with E-state index in [0.717, 1.165) is 56.8 Å². The fourth-order valence-corrected chi connectivity index (χ4v) is 3.82. The largest absolute Gasteiger partial charge is 0.493 e. The lowest BCUT2D eigenvalue weighted by molar-refractivity contribution is -0.100.